The largest absolute Gasteiger partial charge is 0.328 e. The van der Waals surface area contributed by atoms with Gasteiger partial charge in [-0.15, -0.1) is 0 Å². The van der Waals surface area contributed by atoms with E-state index in [1.807, 2.05) is 6.92 Å². The van der Waals surface area contributed by atoms with Gasteiger partial charge >= 0.3 is 0 Å². The van der Waals surface area contributed by atoms with Gasteiger partial charge in [-0.05, 0) is 13.3 Å². The molecule has 56 valence electrons. The first kappa shape index (κ1) is 7.21. The Bertz CT molecular complexity index is 168. The molecule has 0 bridgehead atoms. The standard InChI is InChI=1S/C6H12N4/c1-6(7)2-3-10-5-8-4-9-10/h4-6H,2-3,7H2,1H3/t6-/m1/s1. The smallest absolute Gasteiger partial charge is 0.137 e. The molecule has 2 N–H and O–H groups in total. The molecule has 0 amide bonds. The van der Waals surface area contributed by atoms with Crippen LogP contribution >= 0.6 is 0 Å². The Kier molecular flexibility index (Phi) is 2.39. The van der Waals surface area contributed by atoms with Crippen molar-refractivity contribution in [1.29, 1.82) is 0 Å². The van der Waals surface area contributed by atoms with Crippen molar-refractivity contribution < 1.29 is 0 Å². The van der Waals surface area contributed by atoms with E-state index in [9.17, 15) is 0 Å². The number of nitrogens with zero attached hydrogens (tertiary/aromatic N) is 3. The number of nitrogens with two attached hydrogens (primary N) is 1. The maximum absolute atomic E-state index is 5.55. The molecule has 0 spiro atoms. The van der Waals surface area contributed by atoms with E-state index >= 15 is 0 Å². The third kappa shape index (κ3) is 2.14. The molecule has 10 heavy (non-hydrogen) atoms. The first-order valence-corrected chi connectivity index (χ1v) is 3.37. The molecular formula is C6H12N4. The van der Waals surface area contributed by atoms with Gasteiger partial charge in [-0.2, -0.15) is 5.10 Å². The fourth-order valence-electron chi connectivity index (χ4n) is 0.684. The van der Waals surface area contributed by atoms with E-state index in [1.54, 1.807) is 11.0 Å². The minimum Gasteiger partial charge on any atom is -0.328 e. The second-order valence-corrected chi connectivity index (χ2v) is 2.42. The quantitative estimate of drug-likeness (QED) is 0.643. The van der Waals surface area contributed by atoms with Gasteiger partial charge in [-0.1, -0.05) is 0 Å². The molecule has 0 aromatic carbocycles. The Morgan fingerprint density at radius 2 is 2.50 bits per heavy atom. The Morgan fingerprint density at radius 3 is 3.00 bits per heavy atom. The zero-order valence-electron chi connectivity index (χ0n) is 6.07. The Balaban J connectivity index is 2.28. The molecule has 1 aromatic heterocycles. The lowest BCUT2D eigenvalue weighted by Crippen LogP contribution is -2.17. The highest BCUT2D eigenvalue weighted by Crippen LogP contribution is 1.89. The highest BCUT2D eigenvalue weighted by molar-refractivity contribution is 4.58. The zero-order chi connectivity index (χ0) is 7.40. The lowest BCUT2D eigenvalue weighted by molar-refractivity contribution is 0.529. The molecule has 0 aliphatic heterocycles. The van der Waals surface area contributed by atoms with Crippen LogP contribution < -0.4 is 5.73 Å². The summed E-state index contributed by atoms with van der Waals surface area (Å²) in [6, 6.07) is 0.240. The van der Waals surface area contributed by atoms with Crippen molar-refractivity contribution in [3.8, 4) is 0 Å². The van der Waals surface area contributed by atoms with Gasteiger partial charge in [0, 0.05) is 12.6 Å². The van der Waals surface area contributed by atoms with Crippen molar-refractivity contribution in [3.05, 3.63) is 12.7 Å². The number of rotatable bonds is 3. The van der Waals surface area contributed by atoms with Gasteiger partial charge in [-0.25, -0.2) is 4.98 Å². The predicted octanol–water partition coefficient (Wildman–Crippen LogP) is 0.0154. The lowest BCUT2D eigenvalue weighted by Gasteiger charge is -2.02. The lowest BCUT2D eigenvalue weighted by atomic mass is 10.2. The van der Waals surface area contributed by atoms with E-state index in [1.165, 1.54) is 6.33 Å². The molecule has 1 atom stereocenters. The molecule has 0 aliphatic rings. The van der Waals surface area contributed by atoms with Crippen LogP contribution in [0.4, 0.5) is 0 Å². The minimum atomic E-state index is 0.240. The summed E-state index contributed by atoms with van der Waals surface area (Å²) in [7, 11) is 0. The van der Waals surface area contributed by atoms with Crippen LogP contribution in [0.15, 0.2) is 12.7 Å². The molecule has 0 radical (unpaired) electrons. The third-order valence-corrected chi connectivity index (χ3v) is 1.28. The van der Waals surface area contributed by atoms with Crippen LogP contribution in [0.1, 0.15) is 13.3 Å². The van der Waals surface area contributed by atoms with Crippen LogP contribution in [-0.2, 0) is 6.54 Å². The Labute approximate surface area is 60.1 Å². The first-order valence-electron chi connectivity index (χ1n) is 3.37. The first-order chi connectivity index (χ1) is 4.79. The van der Waals surface area contributed by atoms with Crippen molar-refractivity contribution in [2.45, 2.75) is 25.9 Å². The van der Waals surface area contributed by atoms with Crippen molar-refractivity contribution in [1.82, 2.24) is 14.8 Å². The maximum atomic E-state index is 5.55. The molecule has 4 heteroatoms. The average molecular weight is 140 g/mol. The summed E-state index contributed by atoms with van der Waals surface area (Å²) in [4.78, 5) is 3.81. The molecule has 0 saturated carbocycles. The summed E-state index contributed by atoms with van der Waals surface area (Å²) in [6.07, 6.45) is 4.17. The zero-order valence-corrected chi connectivity index (χ0v) is 6.07. The normalized spacial score (nSPS) is 13.4. The molecule has 0 unspecified atom stereocenters. The molecular weight excluding hydrogens is 128 g/mol. The number of hydrogen-bond acceptors (Lipinski definition) is 3. The summed E-state index contributed by atoms with van der Waals surface area (Å²) in [5.74, 6) is 0. The van der Waals surface area contributed by atoms with Gasteiger partial charge in [0.15, 0.2) is 0 Å². The van der Waals surface area contributed by atoms with Crippen molar-refractivity contribution in [2.24, 2.45) is 5.73 Å². The van der Waals surface area contributed by atoms with E-state index in [0.29, 0.717) is 0 Å². The van der Waals surface area contributed by atoms with Crippen molar-refractivity contribution in [2.75, 3.05) is 0 Å². The number of hydrogen-bond donors (Lipinski definition) is 1. The SMILES string of the molecule is C[C@@H](N)CCn1cncn1. The van der Waals surface area contributed by atoms with Crippen LogP contribution in [0.5, 0.6) is 0 Å². The number of aryl methyl sites for hydroxylation is 1. The van der Waals surface area contributed by atoms with Crippen LogP contribution in [0.25, 0.3) is 0 Å². The molecule has 1 heterocycles. The van der Waals surface area contributed by atoms with Crippen LogP contribution in [0.2, 0.25) is 0 Å². The summed E-state index contributed by atoms with van der Waals surface area (Å²) >= 11 is 0. The molecule has 1 aromatic rings. The molecule has 1 rings (SSSR count). The predicted molar refractivity (Wildman–Crippen MR) is 38.3 cm³/mol. The summed E-state index contributed by atoms with van der Waals surface area (Å²) < 4.78 is 1.78. The highest BCUT2D eigenvalue weighted by atomic mass is 15.3. The topological polar surface area (TPSA) is 56.7 Å². The van der Waals surface area contributed by atoms with E-state index in [0.717, 1.165) is 13.0 Å². The fourth-order valence-corrected chi connectivity index (χ4v) is 0.684. The van der Waals surface area contributed by atoms with E-state index in [-0.39, 0.29) is 6.04 Å². The molecule has 0 fully saturated rings. The van der Waals surface area contributed by atoms with Gasteiger partial charge in [-0.3, -0.25) is 4.68 Å². The Hall–Kier alpha value is -0.900. The van der Waals surface area contributed by atoms with Gasteiger partial charge in [0.1, 0.15) is 12.7 Å². The second kappa shape index (κ2) is 3.31. The van der Waals surface area contributed by atoms with E-state index < -0.39 is 0 Å². The summed E-state index contributed by atoms with van der Waals surface area (Å²) in [5, 5.41) is 3.94. The second-order valence-electron chi connectivity index (χ2n) is 2.42. The van der Waals surface area contributed by atoms with Gasteiger partial charge in [0.05, 0.1) is 0 Å². The summed E-state index contributed by atoms with van der Waals surface area (Å²) in [6.45, 7) is 2.84. The monoisotopic (exact) mass is 140 g/mol. The maximum Gasteiger partial charge on any atom is 0.137 e. The van der Waals surface area contributed by atoms with Gasteiger partial charge in [0.25, 0.3) is 0 Å². The third-order valence-electron chi connectivity index (χ3n) is 1.28. The average Bonchev–Trinajstić information content (AvgIpc) is 2.34. The van der Waals surface area contributed by atoms with Crippen LogP contribution in [-0.4, -0.2) is 20.8 Å². The molecule has 0 aliphatic carbocycles. The summed E-state index contributed by atoms with van der Waals surface area (Å²) in [5.41, 5.74) is 5.55. The van der Waals surface area contributed by atoms with E-state index in [4.69, 9.17) is 5.73 Å². The van der Waals surface area contributed by atoms with Crippen LogP contribution in [0, 0.1) is 0 Å². The van der Waals surface area contributed by atoms with Crippen molar-refractivity contribution >= 4 is 0 Å². The highest BCUT2D eigenvalue weighted by Gasteiger charge is 1.94. The minimum absolute atomic E-state index is 0.240. The number of aromatic nitrogens is 3. The molecule has 0 saturated heterocycles. The van der Waals surface area contributed by atoms with E-state index in [2.05, 4.69) is 10.1 Å². The fraction of sp³-hybridized carbons (Fsp3) is 0.667. The van der Waals surface area contributed by atoms with Crippen LogP contribution in [0.3, 0.4) is 0 Å². The van der Waals surface area contributed by atoms with Crippen molar-refractivity contribution in [3.63, 3.8) is 0 Å². The van der Waals surface area contributed by atoms with Gasteiger partial charge < -0.3 is 5.73 Å². The Morgan fingerprint density at radius 1 is 1.70 bits per heavy atom. The molecule has 4 nitrogen and oxygen atoms in total. The van der Waals surface area contributed by atoms with Gasteiger partial charge in [0.2, 0.25) is 0 Å².